The number of hydrogen-bond acceptors (Lipinski definition) is 4. The van der Waals surface area contributed by atoms with Gasteiger partial charge in [0.1, 0.15) is 4.99 Å². The van der Waals surface area contributed by atoms with Gasteiger partial charge < -0.3 is 10.5 Å². The highest BCUT2D eigenvalue weighted by Crippen LogP contribution is 2.19. The standard InChI is InChI=1S/C11H12N4OS/c1-7-5-10(15(2)14-7)16-9-4-3-8(6-13-9)11(12)17/h3-6H,1-2H3,(H2,12,17). The fraction of sp³-hybridized carbons (Fsp3) is 0.182. The Morgan fingerprint density at radius 3 is 2.71 bits per heavy atom. The molecule has 0 radical (unpaired) electrons. The van der Waals surface area contributed by atoms with E-state index in [1.54, 1.807) is 23.0 Å². The molecule has 0 aliphatic rings. The summed E-state index contributed by atoms with van der Waals surface area (Å²) in [4.78, 5) is 4.43. The minimum atomic E-state index is 0.320. The van der Waals surface area contributed by atoms with E-state index in [9.17, 15) is 0 Å². The quantitative estimate of drug-likeness (QED) is 0.835. The molecule has 0 amide bonds. The molecule has 0 aliphatic heterocycles. The second-order valence-corrected chi connectivity index (χ2v) is 4.04. The molecule has 2 aromatic rings. The molecule has 2 rings (SSSR count). The fourth-order valence-electron chi connectivity index (χ4n) is 1.38. The maximum absolute atomic E-state index is 5.57. The third kappa shape index (κ3) is 2.59. The topological polar surface area (TPSA) is 66.0 Å². The van der Waals surface area contributed by atoms with Gasteiger partial charge in [-0.15, -0.1) is 0 Å². The lowest BCUT2D eigenvalue weighted by molar-refractivity contribution is 0.415. The molecular weight excluding hydrogens is 236 g/mol. The van der Waals surface area contributed by atoms with Gasteiger partial charge in [0, 0.05) is 30.9 Å². The normalized spacial score (nSPS) is 10.2. The molecular formula is C11H12N4OS. The Hall–Kier alpha value is -1.95. The Balaban J connectivity index is 2.19. The Morgan fingerprint density at radius 2 is 2.24 bits per heavy atom. The van der Waals surface area contributed by atoms with Gasteiger partial charge in [-0.05, 0) is 13.0 Å². The molecule has 0 bridgehead atoms. The Bertz CT molecular complexity index is 547. The zero-order valence-electron chi connectivity index (χ0n) is 9.54. The molecule has 0 unspecified atom stereocenters. The SMILES string of the molecule is Cc1cc(Oc2ccc(C(N)=S)cn2)n(C)n1. The monoisotopic (exact) mass is 248 g/mol. The van der Waals surface area contributed by atoms with E-state index in [0.717, 1.165) is 5.69 Å². The van der Waals surface area contributed by atoms with Gasteiger partial charge in [-0.1, -0.05) is 12.2 Å². The molecule has 0 saturated carbocycles. The van der Waals surface area contributed by atoms with E-state index in [-0.39, 0.29) is 0 Å². The van der Waals surface area contributed by atoms with Crippen molar-refractivity contribution in [2.24, 2.45) is 12.8 Å². The predicted molar refractivity (Wildman–Crippen MR) is 68.1 cm³/mol. The number of aryl methyl sites for hydroxylation is 2. The fourth-order valence-corrected chi connectivity index (χ4v) is 1.50. The minimum absolute atomic E-state index is 0.320. The first-order valence-corrected chi connectivity index (χ1v) is 5.41. The zero-order chi connectivity index (χ0) is 12.4. The molecule has 88 valence electrons. The maximum atomic E-state index is 5.57. The van der Waals surface area contributed by atoms with Crippen LogP contribution in [0, 0.1) is 6.92 Å². The Morgan fingerprint density at radius 1 is 1.47 bits per heavy atom. The molecule has 6 heteroatoms. The van der Waals surface area contributed by atoms with Gasteiger partial charge in [-0.2, -0.15) is 5.10 Å². The summed E-state index contributed by atoms with van der Waals surface area (Å²) in [5.74, 6) is 1.12. The lowest BCUT2D eigenvalue weighted by Crippen LogP contribution is -2.09. The average molecular weight is 248 g/mol. The summed E-state index contributed by atoms with van der Waals surface area (Å²) in [6.07, 6.45) is 1.58. The average Bonchev–Trinajstić information content (AvgIpc) is 2.58. The van der Waals surface area contributed by atoms with Crippen molar-refractivity contribution in [3.05, 3.63) is 35.7 Å². The second kappa shape index (κ2) is 4.50. The van der Waals surface area contributed by atoms with Gasteiger partial charge in [0.25, 0.3) is 0 Å². The molecule has 2 heterocycles. The molecule has 0 aromatic carbocycles. The van der Waals surface area contributed by atoms with E-state index in [1.807, 2.05) is 20.0 Å². The van der Waals surface area contributed by atoms with Crippen LogP contribution in [0.3, 0.4) is 0 Å². The number of thiocarbonyl (C=S) groups is 1. The molecule has 17 heavy (non-hydrogen) atoms. The van der Waals surface area contributed by atoms with Crippen LogP contribution in [0.5, 0.6) is 11.8 Å². The van der Waals surface area contributed by atoms with Crippen LogP contribution >= 0.6 is 12.2 Å². The van der Waals surface area contributed by atoms with Gasteiger partial charge in [-0.25, -0.2) is 9.67 Å². The molecule has 0 spiro atoms. The van der Waals surface area contributed by atoms with Gasteiger partial charge >= 0.3 is 0 Å². The van der Waals surface area contributed by atoms with Crippen molar-refractivity contribution in [1.29, 1.82) is 0 Å². The summed E-state index contributed by atoms with van der Waals surface area (Å²) in [6.45, 7) is 1.90. The summed E-state index contributed by atoms with van der Waals surface area (Å²) in [5, 5.41) is 4.18. The number of ether oxygens (including phenoxy) is 1. The van der Waals surface area contributed by atoms with Crippen LogP contribution in [0.2, 0.25) is 0 Å². The van der Waals surface area contributed by atoms with Crippen molar-refractivity contribution in [3.63, 3.8) is 0 Å². The highest BCUT2D eigenvalue weighted by molar-refractivity contribution is 7.80. The maximum Gasteiger partial charge on any atom is 0.221 e. The van der Waals surface area contributed by atoms with E-state index in [1.165, 1.54) is 0 Å². The van der Waals surface area contributed by atoms with Crippen LogP contribution in [0.1, 0.15) is 11.3 Å². The first-order valence-electron chi connectivity index (χ1n) is 5.00. The molecule has 2 N–H and O–H groups in total. The van der Waals surface area contributed by atoms with Crippen LogP contribution in [0.25, 0.3) is 0 Å². The number of aromatic nitrogens is 3. The summed E-state index contributed by atoms with van der Waals surface area (Å²) in [7, 11) is 1.81. The lowest BCUT2D eigenvalue weighted by atomic mass is 10.3. The van der Waals surface area contributed by atoms with Crippen molar-refractivity contribution in [3.8, 4) is 11.8 Å². The van der Waals surface area contributed by atoms with E-state index in [4.69, 9.17) is 22.7 Å². The van der Waals surface area contributed by atoms with Crippen LogP contribution in [-0.4, -0.2) is 19.8 Å². The van der Waals surface area contributed by atoms with Gasteiger partial charge in [-0.3, -0.25) is 0 Å². The molecule has 0 saturated heterocycles. The van der Waals surface area contributed by atoms with Crippen molar-refractivity contribution in [2.45, 2.75) is 6.92 Å². The van der Waals surface area contributed by atoms with Crippen molar-refractivity contribution in [1.82, 2.24) is 14.8 Å². The molecule has 0 fully saturated rings. The summed E-state index contributed by atoms with van der Waals surface area (Å²) in [6, 6.07) is 5.33. The Labute approximate surface area is 104 Å². The van der Waals surface area contributed by atoms with Crippen LogP contribution < -0.4 is 10.5 Å². The molecule has 0 aliphatic carbocycles. The van der Waals surface area contributed by atoms with E-state index < -0.39 is 0 Å². The first-order chi connectivity index (χ1) is 8.06. The van der Waals surface area contributed by atoms with Crippen molar-refractivity contribution >= 4 is 17.2 Å². The van der Waals surface area contributed by atoms with E-state index in [2.05, 4.69) is 10.1 Å². The van der Waals surface area contributed by atoms with Gasteiger partial charge in [0.05, 0.1) is 5.69 Å². The number of hydrogen-bond donors (Lipinski definition) is 1. The number of pyridine rings is 1. The largest absolute Gasteiger partial charge is 0.421 e. The summed E-state index contributed by atoms with van der Waals surface area (Å²) in [5.41, 5.74) is 7.09. The highest BCUT2D eigenvalue weighted by Gasteiger charge is 2.05. The van der Waals surface area contributed by atoms with E-state index >= 15 is 0 Å². The number of nitrogens with two attached hydrogens (primary N) is 1. The minimum Gasteiger partial charge on any atom is -0.421 e. The molecule has 0 atom stereocenters. The third-order valence-corrected chi connectivity index (χ3v) is 2.42. The Kier molecular flexibility index (Phi) is 3.06. The smallest absolute Gasteiger partial charge is 0.221 e. The third-order valence-electron chi connectivity index (χ3n) is 2.19. The van der Waals surface area contributed by atoms with Crippen LogP contribution in [0.4, 0.5) is 0 Å². The van der Waals surface area contributed by atoms with Gasteiger partial charge in [0.2, 0.25) is 11.8 Å². The van der Waals surface area contributed by atoms with Crippen molar-refractivity contribution < 1.29 is 4.74 Å². The lowest BCUT2D eigenvalue weighted by Gasteiger charge is -2.04. The highest BCUT2D eigenvalue weighted by atomic mass is 32.1. The van der Waals surface area contributed by atoms with Crippen LogP contribution in [-0.2, 0) is 7.05 Å². The number of nitrogens with zero attached hydrogens (tertiary/aromatic N) is 3. The molecule has 5 nitrogen and oxygen atoms in total. The summed E-state index contributed by atoms with van der Waals surface area (Å²) >= 11 is 4.84. The molecule has 2 aromatic heterocycles. The number of rotatable bonds is 3. The first kappa shape index (κ1) is 11.5. The second-order valence-electron chi connectivity index (χ2n) is 3.60. The van der Waals surface area contributed by atoms with E-state index in [0.29, 0.717) is 22.3 Å². The van der Waals surface area contributed by atoms with Gasteiger partial charge in [0.15, 0.2) is 0 Å². The van der Waals surface area contributed by atoms with Crippen molar-refractivity contribution in [2.75, 3.05) is 0 Å². The predicted octanol–water partition coefficient (Wildman–Crippen LogP) is 1.55. The zero-order valence-corrected chi connectivity index (χ0v) is 10.4. The summed E-state index contributed by atoms with van der Waals surface area (Å²) < 4.78 is 7.22. The van der Waals surface area contributed by atoms with Crippen LogP contribution in [0.15, 0.2) is 24.4 Å².